The first kappa shape index (κ1) is 26.6. The Bertz CT molecular complexity index is 1470. The van der Waals surface area contributed by atoms with Crippen LogP contribution in [-0.4, -0.2) is 60.3 Å². The number of allylic oxidation sites excluding steroid dienone is 2. The Morgan fingerprint density at radius 2 is 1.95 bits per heavy atom. The van der Waals surface area contributed by atoms with Gasteiger partial charge in [0, 0.05) is 43.5 Å². The van der Waals surface area contributed by atoms with Crippen molar-refractivity contribution in [2.45, 2.75) is 30.2 Å². The zero-order valence-electron chi connectivity index (χ0n) is 22.4. The second-order valence-corrected chi connectivity index (χ2v) is 14.5. The van der Waals surface area contributed by atoms with Crippen LogP contribution in [0.4, 0.5) is 5.82 Å². The maximum absolute atomic E-state index is 6.95. The van der Waals surface area contributed by atoms with E-state index in [4.69, 9.17) is 33.1 Å². The molecule has 0 radical (unpaired) electrons. The van der Waals surface area contributed by atoms with E-state index in [2.05, 4.69) is 41.4 Å². The molecule has 1 unspecified atom stereocenters. The zero-order chi connectivity index (χ0) is 27.3. The SMILES string of the molecule is CN1C2=NC(N3CCC4(CC3)Cc3ccc(P(C)C)cc3C4N)=CC=NC1=C(Sc1ccnc(N)c1Cl)C=C2. The van der Waals surface area contributed by atoms with Crippen molar-refractivity contribution >= 4 is 54.5 Å². The smallest absolute Gasteiger partial charge is 0.147 e. The van der Waals surface area contributed by atoms with E-state index in [1.54, 1.807) is 6.20 Å². The van der Waals surface area contributed by atoms with E-state index in [0.717, 1.165) is 59.6 Å². The number of fused-ring (bicyclic) bond motifs is 3. The van der Waals surface area contributed by atoms with E-state index >= 15 is 0 Å². The fourth-order valence-electron chi connectivity index (χ4n) is 5.90. The molecule has 2 bridgehead atoms. The zero-order valence-corrected chi connectivity index (χ0v) is 24.9. The van der Waals surface area contributed by atoms with Crippen molar-refractivity contribution in [3.63, 3.8) is 0 Å². The van der Waals surface area contributed by atoms with Crippen LogP contribution in [0.25, 0.3) is 0 Å². The van der Waals surface area contributed by atoms with Crippen molar-refractivity contribution in [1.82, 2.24) is 14.8 Å². The van der Waals surface area contributed by atoms with Crippen molar-refractivity contribution in [1.29, 1.82) is 0 Å². The highest BCUT2D eigenvalue weighted by molar-refractivity contribution is 8.03. The highest BCUT2D eigenvalue weighted by Gasteiger charge is 2.46. The van der Waals surface area contributed by atoms with Crippen LogP contribution in [0.5, 0.6) is 0 Å². The van der Waals surface area contributed by atoms with Crippen LogP contribution in [0, 0.1) is 5.41 Å². The average molecular weight is 578 g/mol. The predicted molar refractivity (Wildman–Crippen MR) is 166 cm³/mol. The number of aromatic nitrogens is 1. The van der Waals surface area contributed by atoms with Gasteiger partial charge < -0.3 is 21.3 Å². The molecule has 7 nitrogen and oxygen atoms in total. The number of nitrogens with zero attached hydrogens (tertiary/aromatic N) is 5. The Labute approximate surface area is 240 Å². The molecular weight excluding hydrogens is 545 g/mol. The third-order valence-corrected chi connectivity index (χ3v) is 11.2. The molecule has 6 rings (SSSR count). The largest absolute Gasteiger partial charge is 0.382 e. The number of benzene rings is 1. The molecule has 4 N–H and O–H groups in total. The Morgan fingerprint density at radius 3 is 2.72 bits per heavy atom. The molecule has 0 saturated carbocycles. The lowest BCUT2D eigenvalue weighted by molar-refractivity contribution is 0.109. The quantitative estimate of drug-likeness (QED) is 0.490. The van der Waals surface area contributed by atoms with Gasteiger partial charge in [-0.2, -0.15) is 0 Å². The normalized spacial score (nSPS) is 21.7. The summed E-state index contributed by atoms with van der Waals surface area (Å²) in [5.74, 6) is 2.93. The van der Waals surface area contributed by atoms with Crippen LogP contribution in [0.3, 0.4) is 0 Å². The topological polar surface area (TPSA) is 96.1 Å². The maximum atomic E-state index is 6.95. The number of aliphatic imine (C=N–C) groups is 2. The Kier molecular flexibility index (Phi) is 7.09. The molecule has 1 aliphatic carbocycles. The number of thioether (sulfide) groups is 1. The molecular formula is C29H33ClN7PS. The van der Waals surface area contributed by atoms with Gasteiger partial charge in [0.15, 0.2) is 0 Å². The van der Waals surface area contributed by atoms with E-state index in [1.807, 2.05) is 42.5 Å². The van der Waals surface area contributed by atoms with Crippen molar-refractivity contribution in [3.8, 4) is 0 Å². The highest BCUT2D eigenvalue weighted by Crippen LogP contribution is 2.51. The minimum Gasteiger partial charge on any atom is -0.382 e. The predicted octanol–water partition coefficient (Wildman–Crippen LogP) is 5.11. The molecule has 1 atom stereocenters. The maximum Gasteiger partial charge on any atom is 0.147 e. The fraction of sp³-hybridized carbons (Fsp3) is 0.345. The molecule has 1 fully saturated rings. The molecule has 4 heterocycles. The summed E-state index contributed by atoms with van der Waals surface area (Å²) in [7, 11) is 1.87. The number of hydrogen-bond acceptors (Lipinski definition) is 8. The molecule has 10 heteroatoms. The van der Waals surface area contributed by atoms with E-state index < -0.39 is 0 Å². The van der Waals surface area contributed by atoms with Crippen LogP contribution >= 0.6 is 31.3 Å². The molecule has 1 aromatic heterocycles. The fourth-order valence-corrected chi connectivity index (χ4v) is 7.87. The number of likely N-dealkylation sites (tertiary alicyclic amines) is 1. The number of hydrogen-bond donors (Lipinski definition) is 2. The lowest BCUT2D eigenvalue weighted by atomic mass is 9.73. The van der Waals surface area contributed by atoms with Crippen molar-refractivity contribution < 1.29 is 0 Å². The van der Waals surface area contributed by atoms with Crippen LogP contribution < -0.4 is 16.8 Å². The molecule has 2 aromatic rings. The summed E-state index contributed by atoms with van der Waals surface area (Å²) in [5, 5.41) is 1.90. The van der Waals surface area contributed by atoms with Crippen LogP contribution in [-0.2, 0) is 6.42 Å². The minimum absolute atomic E-state index is 0.101. The summed E-state index contributed by atoms with van der Waals surface area (Å²) in [6.07, 6.45) is 12.8. The average Bonchev–Trinajstić information content (AvgIpc) is 3.19. The third-order valence-electron chi connectivity index (χ3n) is 8.28. The second kappa shape index (κ2) is 10.4. The first-order valence-electron chi connectivity index (χ1n) is 13.1. The summed E-state index contributed by atoms with van der Waals surface area (Å²) in [6.45, 7) is 6.48. The van der Waals surface area contributed by atoms with E-state index in [9.17, 15) is 0 Å². The molecule has 1 aromatic carbocycles. The van der Waals surface area contributed by atoms with Crippen LogP contribution in [0.15, 0.2) is 80.1 Å². The lowest BCUT2D eigenvalue weighted by Gasteiger charge is -2.43. The van der Waals surface area contributed by atoms with E-state index in [0.29, 0.717) is 10.8 Å². The van der Waals surface area contributed by atoms with Gasteiger partial charge in [-0.25, -0.2) is 15.0 Å². The van der Waals surface area contributed by atoms with E-state index in [1.165, 1.54) is 28.2 Å². The van der Waals surface area contributed by atoms with Gasteiger partial charge in [0.25, 0.3) is 0 Å². The first-order valence-corrected chi connectivity index (χ1v) is 16.6. The summed E-state index contributed by atoms with van der Waals surface area (Å²) in [4.78, 5) is 20.1. The third kappa shape index (κ3) is 4.82. The summed E-state index contributed by atoms with van der Waals surface area (Å²) >= 11 is 7.91. The summed E-state index contributed by atoms with van der Waals surface area (Å²) < 4.78 is 0. The summed E-state index contributed by atoms with van der Waals surface area (Å²) in [6, 6.07) is 8.98. The van der Waals surface area contributed by atoms with Gasteiger partial charge >= 0.3 is 0 Å². The van der Waals surface area contributed by atoms with Crippen molar-refractivity contribution in [2.75, 3.05) is 39.2 Å². The number of anilines is 1. The minimum atomic E-state index is -0.124. The molecule has 4 aliphatic rings. The Morgan fingerprint density at radius 1 is 1.15 bits per heavy atom. The van der Waals surface area contributed by atoms with Gasteiger partial charge in [-0.3, -0.25) is 0 Å². The van der Waals surface area contributed by atoms with Crippen LogP contribution in [0.1, 0.15) is 30.0 Å². The summed E-state index contributed by atoms with van der Waals surface area (Å²) in [5.41, 5.74) is 15.8. The standard InChI is InChI=1S/C29H33ClN7PS/c1-36-23-7-6-22(39-21-8-12-33-27(32)25(21)30)28(36)34-13-9-24(35-23)37-14-10-29(11-15-37)17-18-4-5-19(38(2)3)16-20(18)26(29)31/h4-9,12-13,16,26H,10-11,14-15,17,31H2,1-3H3,(H2,32,33). The molecule has 39 heavy (non-hydrogen) atoms. The van der Waals surface area contributed by atoms with Crippen LogP contribution in [0.2, 0.25) is 5.02 Å². The van der Waals surface area contributed by atoms with Gasteiger partial charge in [-0.15, -0.1) is 0 Å². The number of nitrogen functional groups attached to an aromatic ring is 1. The molecule has 1 saturated heterocycles. The number of amidine groups is 1. The number of pyridine rings is 1. The second-order valence-electron chi connectivity index (χ2n) is 10.7. The number of likely N-dealkylation sites (N-methyl/N-ethyl adjacent to an activating group) is 1. The number of piperidine rings is 1. The van der Waals surface area contributed by atoms with Gasteiger partial charge in [-0.1, -0.05) is 43.4 Å². The molecule has 3 aliphatic heterocycles. The van der Waals surface area contributed by atoms with Gasteiger partial charge in [0.2, 0.25) is 0 Å². The van der Waals surface area contributed by atoms with Gasteiger partial charge in [-0.05, 0) is 84.8 Å². The number of halogens is 1. The molecule has 0 amide bonds. The molecule has 1 spiro atoms. The molecule has 202 valence electrons. The van der Waals surface area contributed by atoms with Crippen molar-refractivity contribution in [2.24, 2.45) is 21.1 Å². The number of rotatable bonds is 4. The monoisotopic (exact) mass is 577 g/mol. The van der Waals surface area contributed by atoms with E-state index in [-0.39, 0.29) is 19.4 Å². The Balaban J connectivity index is 1.20. The lowest BCUT2D eigenvalue weighted by Crippen LogP contribution is -2.44. The number of nitrogens with two attached hydrogens (primary N) is 2. The van der Waals surface area contributed by atoms with Gasteiger partial charge in [0.1, 0.15) is 23.3 Å². The van der Waals surface area contributed by atoms with Gasteiger partial charge in [0.05, 0.1) is 9.93 Å². The van der Waals surface area contributed by atoms with Crippen molar-refractivity contribution in [3.05, 3.63) is 81.4 Å². The first-order chi connectivity index (χ1) is 18.8. The Hall–Kier alpha value is -2.64. The highest BCUT2D eigenvalue weighted by atomic mass is 35.5.